The molecule has 0 N–H and O–H groups in total. The number of ether oxygens (including phenoxy) is 1. The first kappa shape index (κ1) is 11.9. The van der Waals surface area contributed by atoms with E-state index in [1.54, 1.807) is 6.07 Å². The minimum atomic E-state index is -0.00250. The summed E-state index contributed by atoms with van der Waals surface area (Å²) in [5, 5.41) is 0.963. The maximum absolute atomic E-state index is 11.8. The zero-order valence-corrected chi connectivity index (χ0v) is 9.94. The Balaban J connectivity index is 1.99. The van der Waals surface area contributed by atoms with E-state index in [4.69, 9.17) is 9.15 Å². The number of hydrogen-bond donors (Lipinski definition) is 0. The molecule has 2 rings (SSSR count). The Kier molecular flexibility index (Phi) is 3.94. The number of furan rings is 1. The molecule has 90 valence electrons. The lowest BCUT2D eigenvalue weighted by atomic mass is 10.2. The molecule has 1 aromatic heterocycles. The summed E-state index contributed by atoms with van der Waals surface area (Å²) in [4.78, 5) is 11.8. The van der Waals surface area contributed by atoms with Crippen LogP contribution in [0.15, 0.2) is 34.7 Å². The van der Waals surface area contributed by atoms with Crippen molar-refractivity contribution >= 4 is 16.8 Å². The molecule has 0 spiro atoms. The van der Waals surface area contributed by atoms with Crippen LogP contribution in [0.5, 0.6) is 0 Å². The average molecular weight is 232 g/mol. The highest BCUT2D eigenvalue weighted by Crippen LogP contribution is 2.19. The third-order valence-corrected chi connectivity index (χ3v) is 2.52. The summed E-state index contributed by atoms with van der Waals surface area (Å²) in [5.74, 6) is 0.420. The smallest absolute Gasteiger partial charge is 0.200 e. The van der Waals surface area contributed by atoms with E-state index in [2.05, 4.69) is 0 Å². The maximum atomic E-state index is 11.8. The van der Waals surface area contributed by atoms with Crippen molar-refractivity contribution in [2.24, 2.45) is 0 Å². The molecule has 0 aliphatic rings. The van der Waals surface area contributed by atoms with Gasteiger partial charge in [0, 0.05) is 18.4 Å². The van der Waals surface area contributed by atoms with Crippen molar-refractivity contribution < 1.29 is 13.9 Å². The van der Waals surface area contributed by atoms with E-state index >= 15 is 0 Å². The van der Waals surface area contributed by atoms with E-state index in [1.165, 1.54) is 0 Å². The normalized spacial score (nSPS) is 10.9. The van der Waals surface area contributed by atoms with Gasteiger partial charge in [-0.15, -0.1) is 0 Å². The molecular formula is C14H16O3. The van der Waals surface area contributed by atoms with Gasteiger partial charge in [0.05, 0.1) is 6.61 Å². The standard InChI is InChI=1S/C14H16O3/c1-2-8-16-9-7-12(15)14-10-11-5-3-4-6-13(11)17-14/h3-6,10H,2,7-9H2,1H3. The molecule has 0 saturated heterocycles. The molecule has 1 aromatic carbocycles. The molecule has 1 heterocycles. The predicted octanol–water partition coefficient (Wildman–Crippen LogP) is 3.43. The van der Waals surface area contributed by atoms with Gasteiger partial charge in [-0.1, -0.05) is 25.1 Å². The second-order valence-corrected chi connectivity index (χ2v) is 3.93. The van der Waals surface area contributed by atoms with Gasteiger partial charge >= 0.3 is 0 Å². The SMILES string of the molecule is CCCOCCC(=O)c1cc2ccccc2o1. The largest absolute Gasteiger partial charge is 0.453 e. The zero-order valence-electron chi connectivity index (χ0n) is 9.94. The van der Waals surface area contributed by atoms with E-state index in [9.17, 15) is 4.79 Å². The molecule has 0 bridgehead atoms. The molecule has 0 radical (unpaired) electrons. The van der Waals surface area contributed by atoms with Gasteiger partial charge < -0.3 is 9.15 Å². The van der Waals surface area contributed by atoms with Crippen LogP contribution < -0.4 is 0 Å². The van der Waals surface area contributed by atoms with Crippen molar-refractivity contribution in [2.45, 2.75) is 19.8 Å². The molecular weight excluding hydrogens is 216 g/mol. The first-order chi connectivity index (χ1) is 8.31. The Morgan fingerprint density at radius 2 is 2.12 bits per heavy atom. The molecule has 3 nitrogen and oxygen atoms in total. The number of ketones is 1. The fourth-order valence-corrected chi connectivity index (χ4v) is 1.65. The second kappa shape index (κ2) is 5.64. The highest BCUT2D eigenvalue weighted by Gasteiger charge is 2.11. The first-order valence-electron chi connectivity index (χ1n) is 5.91. The molecule has 0 unspecified atom stereocenters. The van der Waals surface area contributed by atoms with Gasteiger partial charge in [0.2, 0.25) is 0 Å². The number of fused-ring (bicyclic) bond motifs is 1. The van der Waals surface area contributed by atoms with Crippen molar-refractivity contribution in [3.63, 3.8) is 0 Å². The third kappa shape index (κ3) is 2.94. The Bertz CT molecular complexity index is 466. The van der Waals surface area contributed by atoms with Gasteiger partial charge in [-0.3, -0.25) is 4.79 Å². The molecule has 0 saturated carbocycles. The zero-order chi connectivity index (χ0) is 12.1. The van der Waals surface area contributed by atoms with Gasteiger partial charge in [-0.25, -0.2) is 0 Å². The quantitative estimate of drug-likeness (QED) is 0.565. The van der Waals surface area contributed by atoms with E-state index in [1.807, 2.05) is 31.2 Å². The number of carbonyl (C=O) groups is 1. The second-order valence-electron chi connectivity index (χ2n) is 3.93. The van der Waals surface area contributed by atoms with Crippen LogP contribution in [0.3, 0.4) is 0 Å². The fourth-order valence-electron chi connectivity index (χ4n) is 1.65. The van der Waals surface area contributed by atoms with Crippen molar-refractivity contribution in [3.8, 4) is 0 Å². The average Bonchev–Trinajstić information content (AvgIpc) is 2.78. The molecule has 2 aromatic rings. The van der Waals surface area contributed by atoms with Crippen LogP contribution in [0.25, 0.3) is 11.0 Å². The van der Waals surface area contributed by atoms with Crippen LogP contribution in [-0.4, -0.2) is 19.0 Å². The molecule has 0 aliphatic heterocycles. The fraction of sp³-hybridized carbons (Fsp3) is 0.357. The summed E-state index contributed by atoms with van der Waals surface area (Å²) in [6.07, 6.45) is 1.35. The number of hydrogen-bond acceptors (Lipinski definition) is 3. The van der Waals surface area contributed by atoms with E-state index in [0.29, 0.717) is 25.4 Å². The molecule has 3 heteroatoms. The number of Topliss-reactive ketones (excluding diaryl/α,β-unsaturated/α-hetero) is 1. The Morgan fingerprint density at radius 1 is 1.29 bits per heavy atom. The highest BCUT2D eigenvalue weighted by molar-refractivity contribution is 5.97. The topological polar surface area (TPSA) is 39.4 Å². The van der Waals surface area contributed by atoms with E-state index in [0.717, 1.165) is 17.4 Å². The van der Waals surface area contributed by atoms with Crippen molar-refractivity contribution in [3.05, 3.63) is 36.1 Å². The van der Waals surface area contributed by atoms with Crippen LogP contribution >= 0.6 is 0 Å². The molecule has 17 heavy (non-hydrogen) atoms. The monoisotopic (exact) mass is 232 g/mol. The lowest BCUT2D eigenvalue weighted by Crippen LogP contribution is -2.04. The third-order valence-electron chi connectivity index (χ3n) is 2.52. The van der Waals surface area contributed by atoms with Gasteiger partial charge in [0.15, 0.2) is 11.5 Å². The molecule has 0 amide bonds. The number of carbonyl (C=O) groups excluding carboxylic acids is 1. The Labute approximate surface area is 100 Å². The number of rotatable bonds is 6. The van der Waals surface area contributed by atoms with Gasteiger partial charge in [0.1, 0.15) is 5.58 Å². The maximum Gasteiger partial charge on any atom is 0.200 e. The summed E-state index contributed by atoms with van der Waals surface area (Å²) in [6, 6.07) is 9.40. The summed E-state index contributed by atoms with van der Waals surface area (Å²) < 4.78 is 10.8. The number of benzene rings is 1. The molecule has 0 fully saturated rings. The lowest BCUT2D eigenvalue weighted by Gasteiger charge is -1.99. The van der Waals surface area contributed by atoms with Crippen LogP contribution in [0.2, 0.25) is 0 Å². The highest BCUT2D eigenvalue weighted by atomic mass is 16.5. The van der Waals surface area contributed by atoms with Crippen LogP contribution in [0.4, 0.5) is 0 Å². The summed E-state index contributed by atoms with van der Waals surface area (Å²) in [6.45, 7) is 3.21. The number of para-hydroxylation sites is 1. The van der Waals surface area contributed by atoms with E-state index in [-0.39, 0.29) is 5.78 Å². The van der Waals surface area contributed by atoms with Crippen molar-refractivity contribution in [1.29, 1.82) is 0 Å². The lowest BCUT2D eigenvalue weighted by molar-refractivity contribution is 0.0856. The molecule has 0 aliphatic carbocycles. The van der Waals surface area contributed by atoms with Crippen LogP contribution in [0, 0.1) is 0 Å². The van der Waals surface area contributed by atoms with Gasteiger partial charge in [-0.05, 0) is 18.6 Å². The minimum Gasteiger partial charge on any atom is -0.453 e. The van der Waals surface area contributed by atoms with Gasteiger partial charge in [-0.2, -0.15) is 0 Å². The molecule has 0 atom stereocenters. The Hall–Kier alpha value is -1.61. The predicted molar refractivity (Wildman–Crippen MR) is 66.3 cm³/mol. The van der Waals surface area contributed by atoms with Crippen molar-refractivity contribution in [1.82, 2.24) is 0 Å². The first-order valence-corrected chi connectivity index (χ1v) is 5.91. The summed E-state index contributed by atoms with van der Waals surface area (Å²) in [5.41, 5.74) is 0.755. The van der Waals surface area contributed by atoms with Crippen molar-refractivity contribution in [2.75, 3.05) is 13.2 Å². The Morgan fingerprint density at radius 3 is 2.88 bits per heavy atom. The minimum absolute atomic E-state index is 0.00250. The van der Waals surface area contributed by atoms with Crippen LogP contribution in [0.1, 0.15) is 30.3 Å². The summed E-state index contributed by atoms with van der Waals surface area (Å²) >= 11 is 0. The summed E-state index contributed by atoms with van der Waals surface area (Å²) in [7, 11) is 0. The van der Waals surface area contributed by atoms with Gasteiger partial charge in [0.25, 0.3) is 0 Å². The van der Waals surface area contributed by atoms with Crippen LogP contribution in [-0.2, 0) is 4.74 Å². The van der Waals surface area contributed by atoms with E-state index < -0.39 is 0 Å².